The molecule has 2 rings (SSSR count). The second kappa shape index (κ2) is 7.77. The zero-order chi connectivity index (χ0) is 15.9. The summed E-state index contributed by atoms with van der Waals surface area (Å²) >= 11 is 0. The van der Waals surface area contributed by atoms with Crippen LogP contribution in [0.15, 0.2) is 30.3 Å². The van der Waals surface area contributed by atoms with Crippen LogP contribution in [0, 0.1) is 0 Å². The lowest BCUT2D eigenvalue weighted by Gasteiger charge is -2.34. The van der Waals surface area contributed by atoms with Crippen molar-refractivity contribution in [2.45, 2.75) is 12.6 Å². The largest absolute Gasteiger partial charge is 0.465 e. The van der Waals surface area contributed by atoms with Gasteiger partial charge in [0.15, 0.2) is 0 Å². The Labute approximate surface area is 129 Å². The summed E-state index contributed by atoms with van der Waals surface area (Å²) < 4.78 is 5.48. The topological polar surface area (TPSA) is 96.1 Å². The SMILES string of the molecule is N[C@@H](COCc1ccccc1)C(=O)N1CCN(C(=O)O)CC1. The van der Waals surface area contributed by atoms with E-state index in [0.29, 0.717) is 32.8 Å². The summed E-state index contributed by atoms with van der Waals surface area (Å²) in [6.07, 6.45) is -0.956. The number of benzene rings is 1. The number of carbonyl (C=O) groups excluding carboxylic acids is 1. The molecule has 1 atom stereocenters. The van der Waals surface area contributed by atoms with Gasteiger partial charge < -0.3 is 25.4 Å². The van der Waals surface area contributed by atoms with Crippen molar-refractivity contribution in [3.05, 3.63) is 35.9 Å². The molecule has 0 aromatic heterocycles. The first-order valence-electron chi connectivity index (χ1n) is 7.22. The van der Waals surface area contributed by atoms with Crippen molar-refractivity contribution in [3.63, 3.8) is 0 Å². The number of rotatable bonds is 5. The van der Waals surface area contributed by atoms with Gasteiger partial charge in [-0.25, -0.2) is 4.79 Å². The van der Waals surface area contributed by atoms with Gasteiger partial charge in [0, 0.05) is 26.2 Å². The molecule has 2 amide bonds. The summed E-state index contributed by atoms with van der Waals surface area (Å²) in [7, 11) is 0. The fraction of sp³-hybridized carbons (Fsp3) is 0.467. The van der Waals surface area contributed by atoms with Crippen LogP contribution in [0.4, 0.5) is 4.79 Å². The fourth-order valence-electron chi connectivity index (χ4n) is 2.30. The average Bonchev–Trinajstić information content (AvgIpc) is 2.55. The van der Waals surface area contributed by atoms with E-state index in [9.17, 15) is 9.59 Å². The van der Waals surface area contributed by atoms with Crippen molar-refractivity contribution >= 4 is 12.0 Å². The monoisotopic (exact) mass is 307 g/mol. The lowest BCUT2D eigenvalue weighted by Crippen LogP contribution is -2.55. The number of piperazine rings is 1. The van der Waals surface area contributed by atoms with Crippen LogP contribution < -0.4 is 5.73 Å². The van der Waals surface area contributed by atoms with Crippen LogP contribution in [0.25, 0.3) is 0 Å². The molecular formula is C15H21N3O4. The number of nitrogens with two attached hydrogens (primary N) is 1. The molecule has 0 aliphatic carbocycles. The molecule has 0 spiro atoms. The maximum Gasteiger partial charge on any atom is 0.407 e. The molecule has 120 valence electrons. The molecule has 1 heterocycles. The molecule has 1 aliphatic rings. The smallest absolute Gasteiger partial charge is 0.407 e. The third-order valence-corrected chi connectivity index (χ3v) is 3.59. The maximum atomic E-state index is 12.2. The highest BCUT2D eigenvalue weighted by atomic mass is 16.5. The summed E-state index contributed by atoms with van der Waals surface area (Å²) in [6.45, 7) is 1.94. The molecule has 1 saturated heterocycles. The molecule has 1 fully saturated rings. The van der Waals surface area contributed by atoms with E-state index in [4.69, 9.17) is 15.6 Å². The van der Waals surface area contributed by atoms with Crippen LogP contribution in [0.5, 0.6) is 0 Å². The van der Waals surface area contributed by atoms with Crippen LogP contribution in [0.2, 0.25) is 0 Å². The molecule has 0 saturated carbocycles. The average molecular weight is 307 g/mol. The van der Waals surface area contributed by atoms with Gasteiger partial charge in [0.05, 0.1) is 13.2 Å². The van der Waals surface area contributed by atoms with Crippen molar-refractivity contribution in [2.75, 3.05) is 32.8 Å². The van der Waals surface area contributed by atoms with Gasteiger partial charge in [-0.2, -0.15) is 0 Å². The van der Waals surface area contributed by atoms with Crippen molar-refractivity contribution in [3.8, 4) is 0 Å². The van der Waals surface area contributed by atoms with Crippen LogP contribution in [-0.4, -0.2) is 65.7 Å². The fourth-order valence-corrected chi connectivity index (χ4v) is 2.30. The van der Waals surface area contributed by atoms with Gasteiger partial charge in [-0.1, -0.05) is 30.3 Å². The van der Waals surface area contributed by atoms with Crippen LogP contribution >= 0.6 is 0 Å². The molecule has 22 heavy (non-hydrogen) atoms. The first-order chi connectivity index (χ1) is 10.6. The van der Waals surface area contributed by atoms with Crippen LogP contribution in [0.1, 0.15) is 5.56 Å². The molecule has 1 aromatic rings. The molecular weight excluding hydrogens is 286 g/mol. The summed E-state index contributed by atoms with van der Waals surface area (Å²) in [5.74, 6) is -0.196. The zero-order valence-corrected chi connectivity index (χ0v) is 12.4. The zero-order valence-electron chi connectivity index (χ0n) is 12.4. The Morgan fingerprint density at radius 3 is 2.32 bits per heavy atom. The van der Waals surface area contributed by atoms with Crippen molar-refractivity contribution < 1.29 is 19.4 Å². The second-order valence-corrected chi connectivity index (χ2v) is 5.20. The molecule has 7 heteroatoms. The minimum absolute atomic E-state index is 0.146. The Kier molecular flexibility index (Phi) is 5.74. The lowest BCUT2D eigenvalue weighted by atomic mass is 10.2. The Balaban J connectivity index is 1.72. The summed E-state index contributed by atoms with van der Waals surface area (Å²) in [5.41, 5.74) is 6.89. The van der Waals surface area contributed by atoms with E-state index in [0.717, 1.165) is 5.56 Å². The molecule has 0 unspecified atom stereocenters. The quantitative estimate of drug-likeness (QED) is 0.818. The highest BCUT2D eigenvalue weighted by molar-refractivity contribution is 5.82. The first-order valence-corrected chi connectivity index (χ1v) is 7.22. The van der Waals surface area contributed by atoms with Gasteiger partial charge >= 0.3 is 6.09 Å². The summed E-state index contributed by atoms with van der Waals surface area (Å²) in [5, 5.41) is 8.87. The van der Waals surface area contributed by atoms with Gasteiger partial charge in [-0.3, -0.25) is 4.79 Å². The molecule has 0 radical (unpaired) electrons. The number of nitrogens with zero attached hydrogens (tertiary/aromatic N) is 2. The van der Waals surface area contributed by atoms with Gasteiger partial charge in [0.1, 0.15) is 6.04 Å². The molecule has 1 aliphatic heterocycles. The number of hydrogen-bond donors (Lipinski definition) is 2. The van der Waals surface area contributed by atoms with Crippen molar-refractivity contribution in [1.29, 1.82) is 0 Å². The first kappa shape index (κ1) is 16.3. The summed E-state index contributed by atoms with van der Waals surface area (Å²) in [4.78, 5) is 25.9. The number of amides is 2. The predicted octanol–water partition coefficient (Wildman–Crippen LogP) is 0.353. The maximum absolute atomic E-state index is 12.2. The number of carboxylic acid groups (broad SMARTS) is 1. The van der Waals surface area contributed by atoms with E-state index in [1.807, 2.05) is 30.3 Å². The third kappa shape index (κ3) is 4.44. The van der Waals surface area contributed by atoms with Gasteiger partial charge in [0.25, 0.3) is 0 Å². The minimum atomic E-state index is -0.956. The normalized spacial score (nSPS) is 16.4. The van der Waals surface area contributed by atoms with E-state index < -0.39 is 12.1 Å². The van der Waals surface area contributed by atoms with E-state index in [1.54, 1.807) is 4.90 Å². The van der Waals surface area contributed by atoms with Crippen molar-refractivity contribution in [2.24, 2.45) is 5.73 Å². The van der Waals surface area contributed by atoms with Crippen LogP contribution in [-0.2, 0) is 16.1 Å². The van der Waals surface area contributed by atoms with Gasteiger partial charge in [-0.05, 0) is 5.56 Å². The highest BCUT2D eigenvalue weighted by Gasteiger charge is 2.26. The van der Waals surface area contributed by atoms with Gasteiger partial charge in [-0.15, -0.1) is 0 Å². The van der Waals surface area contributed by atoms with Gasteiger partial charge in [0.2, 0.25) is 5.91 Å². The second-order valence-electron chi connectivity index (χ2n) is 5.20. The lowest BCUT2D eigenvalue weighted by molar-refractivity contribution is -0.135. The van der Waals surface area contributed by atoms with Crippen molar-refractivity contribution in [1.82, 2.24) is 9.80 Å². The van der Waals surface area contributed by atoms with E-state index >= 15 is 0 Å². The van der Waals surface area contributed by atoms with E-state index in [1.165, 1.54) is 4.90 Å². The molecule has 0 bridgehead atoms. The van der Waals surface area contributed by atoms with E-state index in [-0.39, 0.29) is 12.5 Å². The number of hydrogen-bond acceptors (Lipinski definition) is 4. The Morgan fingerprint density at radius 1 is 1.14 bits per heavy atom. The third-order valence-electron chi connectivity index (χ3n) is 3.59. The standard InChI is InChI=1S/C15H21N3O4/c16-13(11-22-10-12-4-2-1-3-5-12)14(19)17-6-8-18(9-7-17)15(20)21/h1-5,13H,6-11,16H2,(H,20,21)/t13-/m0/s1. The molecule has 7 nitrogen and oxygen atoms in total. The van der Waals surface area contributed by atoms with E-state index in [2.05, 4.69) is 0 Å². The molecule has 1 aromatic carbocycles. The molecule has 3 N–H and O–H groups in total. The number of carbonyl (C=O) groups is 2. The Bertz CT molecular complexity index is 501. The Hall–Kier alpha value is -2.12. The highest BCUT2D eigenvalue weighted by Crippen LogP contribution is 2.05. The summed E-state index contributed by atoms with van der Waals surface area (Å²) in [6, 6.07) is 8.93. The van der Waals surface area contributed by atoms with Crippen LogP contribution in [0.3, 0.4) is 0 Å². The predicted molar refractivity (Wildman–Crippen MR) is 80.3 cm³/mol. The minimum Gasteiger partial charge on any atom is -0.465 e. The Morgan fingerprint density at radius 2 is 1.73 bits per heavy atom. The number of ether oxygens (including phenoxy) is 1.